The van der Waals surface area contributed by atoms with Crippen LogP contribution in [-0.4, -0.2) is 42.4 Å². The van der Waals surface area contributed by atoms with Crippen molar-refractivity contribution in [3.05, 3.63) is 29.0 Å². The quantitative estimate of drug-likeness (QED) is 0.551. The monoisotopic (exact) mass is 412 g/mol. The second kappa shape index (κ2) is 7.47. The highest BCUT2D eigenvalue weighted by molar-refractivity contribution is 6.30. The standard InChI is InChI=1S/C18H22ClFN4O4/c1-9-21-17(28-24-9)16(26)23-18-5-10(6-18)14(7-18)22-15(25)8-27-11-2-3-12(19)13(20)4-11/h2-4,9-10,14,17,21,24H,5-8H2,1H3,(H,22,25)(H,23,26). The molecule has 28 heavy (non-hydrogen) atoms. The molecule has 1 saturated heterocycles. The molecule has 152 valence electrons. The number of hydrogen-bond donors (Lipinski definition) is 4. The Morgan fingerprint density at radius 3 is 2.86 bits per heavy atom. The van der Waals surface area contributed by atoms with Gasteiger partial charge in [-0.2, -0.15) is 5.48 Å². The fourth-order valence-electron chi connectivity index (χ4n) is 4.19. The van der Waals surface area contributed by atoms with Gasteiger partial charge in [0, 0.05) is 17.6 Å². The number of ether oxygens (including phenoxy) is 1. The molecule has 2 amide bonds. The Hall–Kier alpha value is -1.94. The van der Waals surface area contributed by atoms with Crippen LogP contribution in [0.4, 0.5) is 4.39 Å². The molecule has 5 rings (SSSR count). The zero-order valence-corrected chi connectivity index (χ0v) is 16.0. The van der Waals surface area contributed by atoms with Crippen molar-refractivity contribution in [3.8, 4) is 5.75 Å². The Labute approximate surface area is 166 Å². The summed E-state index contributed by atoms with van der Waals surface area (Å²) >= 11 is 5.62. The maximum absolute atomic E-state index is 13.4. The lowest BCUT2D eigenvalue weighted by Gasteiger charge is -2.39. The average molecular weight is 413 g/mol. The van der Waals surface area contributed by atoms with Crippen LogP contribution in [0, 0.1) is 11.7 Å². The lowest BCUT2D eigenvalue weighted by atomic mass is 9.76. The van der Waals surface area contributed by atoms with Crippen LogP contribution in [0.15, 0.2) is 18.2 Å². The fraction of sp³-hybridized carbons (Fsp3) is 0.556. The van der Waals surface area contributed by atoms with Crippen molar-refractivity contribution >= 4 is 23.4 Å². The van der Waals surface area contributed by atoms with Crippen LogP contribution in [0.3, 0.4) is 0 Å². The molecular formula is C18H22ClFN4O4. The molecule has 0 aromatic heterocycles. The van der Waals surface area contributed by atoms with Crippen LogP contribution in [0.1, 0.15) is 26.2 Å². The van der Waals surface area contributed by atoms with E-state index in [0.717, 1.165) is 18.9 Å². The van der Waals surface area contributed by atoms with Gasteiger partial charge in [0.2, 0.25) is 6.23 Å². The molecular weight excluding hydrogens is 391 g/mol. The van der Waals surface area contributed by atoms with Gasteiger partial charge < -0.3 is 15.4 Å². The number of fused-ring (bicyclic) bond motifs is 1. The minimum Gasteiger partial charge on any atom is -0.484 e. The summed E-state index contributed by atoms with van der Waals surface area (Å²) in [6.45, 7) is 1.64. The first-order chi connectivity index (χ1) is 13.3. The molecule has 1 aromatic rings. The molecule has 4 fully saturated rings. The van der Waals surface area contributed by atoms with Gasteiger partial charge in [0.1, 0.15) is 11.6 Å². The molecule has 3 unspecified atom stereocenters. The smallest absolute Gasteiger partial charge is 0.266 e. The Morgan fingerprint density at radius 1 is 1.39 bits per heavy atom. The number of hydrogen-bond acceptors (Lipinski definition) is 6. The number of rotatable bonds is 6. The molecule has 3 aliphatic carbocycles. The molecule has 0 radical (unpaired) electrons. The highest BCUT2D eigenvalue weighted by Gasteiger charge is 2.57. The van der Waals surface area contributed by atoms with Gasteiger partial charge in [0.25, 0.3) is 11.8 Å². The second-order valence-electron chi connectivity index (χ2n) is 7.68. The van der Waals surface area contributed by atoms with E-state index >= 15 is 0 Å². The number of amides is 2. The summed E-state index contributed by atoms with van der Waals surface area (Å²) in [5.41, 5.74) is 2.40. The van der Waals surface area contributed by atoms with E-state index in [9.17, 15) is 14.0 Å². The number of carbonyl (C=O) groups is 2. The van der Waals surface area contributed by atoms with Crippen LogP contribution >= 0.6 is 11.6 Å². The highest BCUT2D eigenvalue weighted by Crippen LogP contribution is 2.52. The molecule has 1 aromatic carbocycles. The van der Waals surface area contributed by atoms with Crippen molar-refractivity contribution in [2.75, 3.05) is 6.61 Å². The number of benzene rings is 1. The topological polar surface area (TPSA) is 101 Å². The number of hydroxylamine groups is 1. The first-order valence-electron chi connectivity index (χ1n) is 9.20. The van der Waals surface area contributed by atoms with Crippen LogP contribution < -0.4 is 26.2 Å². The van der Waals surface area contributed by atoms with Gasteiger partial charge in [0.15, 0.2) is 6.61 Å². The van der Waals surface area contributed by atoms with Crippen molar-refractivity contribution in [3.63, 3.8) is 0 Å². The van der Waals surface area contributed by atoms with Crippen molar-refractivity contribution < 1.29 is 23.6 Å². The van der Waals surface area contributed by atoms with Crippen LogP contribution in [0.2, 0.25) is 5.02 Å². The first kappa shape index (κ1) is 19.4. The fourth-order valence-corrected chi connectivity index (χ4v) is 4.31. The lowest BCUT2D eigenvalue weighted by Crippen LogP contribution is -2.56. The molecule has 2 bridgehead atoms. The van der Waals surface area contributed by atoms with Crippen molar-refractivity contribution in [1.29, 1.82) is 0 Å². The molecule has 4 aliphatic rings. The van der Waals surface area contributed by atoms with Gasteiger partial charge in [-0.1, -0.05) is 11.6 Å². The van der Waals surface area contributed by atoms with E-state index in [2.05, 4.69) is 21.4 Å². The minimum atomic E-state index is -0.717. The van der Waals surface area contributed by atoms with E-state index in [1.165, 1.54) is 12.1 Å². The third-order valence-corrected chi connectivity index (χ3v) is 5.79. The lowest BCUT2D eigenvalue weighted by molar-refractivity contribution is -0.137. The molecule has 1 heterocycles. The molecule has 1 aliphatic heterocycles. The van der Waals surface area contributed by atoms with E-state index in [4.69, 9.17) is 21.2 Å². The van der Waals surface area contributed by atoms with E-state index in [1.54, 1.807) is 0 Å². The molecule has 10 heteroatoms. The predicted molar refractivity (Wildman–Crippen MR) is 97.7 cm³/mol. The van der Waals surface area contributed by atoms with Crippen molar-refractivity contribution in [1.82, 2.24) is 21.4 Å². The molecule has 3 saturated carbocycles. The summed E-state index contributed by atoms with van der Waals surface area (Å²) < 4.78 is 18.7. The summed E-state index contributed by atoms with van der Waals surface area (Å²) in [5, 5.41) is 8.98. The zero-order chi connectivity index (χ0) is 19.9. The van der Waals surface area contributed by atoms with Gasteiger partial charge in [0.05, 0.1) is 11.2 Å². The number of carbonyl (C=O) groups excluding carboxylic acids is 2. The Morgan fingerprint density at radius 2 is 2.18 bits per heavy atom. The van der Waals surface area contributed by atoms with Crippen LogP contribution in [0.5, 0.6) is 5.75 Å². The van der Waals surface area contributed by atoms with Crippen molar-refractivity contribution in [2.24, 2.45) is 5.92 Å². The van der Waals surface area contributed by atoms with Gasteiger partial charge in [-0.3, -0.25) is 19.7 Å². The predicted octanol–water partition coefficient (Wildman–Crippen LogP) is 0.808. The SMILES string of the molecule is CC1NOC(C(=O)NC23CC(C2)C(NC(=O)COc2ccc(Cl)c(F)c2)C3)N1. The van der Waals surface area contributed by atoms with Crippen LogP contribution in [-0.2, 0) is 14.4 Å². The third-order valence-electron chi connectivity index (χ3n) is 5.48. The number of halogens is 2. The summed E-state index contributed by atoms with van der Waals surface area (Å²) in [7, 11) is 0. The number of nitrogens with one attached hydrogen (secondary N) is 4. The molecule has 3 atom stereocenters. The molecule has 8 nitrogen and oxygen atoms in total. The normalized spacial score (nSPS) is 33.2. The maximum Gasteiger partial charge on any atom is 0.266 e. The third kappa shape index (κ3) is 3.93. The van der Waals surface area contributed by atoms with Crippen LogP contribution in [0.25, 0.3) is 0 Å². The Bertz CT molecular complexity index is 789. The first-order valence-corrected chi connectivity index (χ1v) is 9.58. The largest absolute Gasteiger partial charge is 0.484 e. The van der Waals surface area contributed by atoms with Gasteiger partial charge in [-0.25, -0.2) is 4.39 Å². The summed E-state index contributed by atoms with van der Waals surface area (Å²) in [5.74, 6) is -0.530. The summed E-state index contributed by atoms with van der Waals surface area (Å²) in [6, 6.07) is 4.00. The summed E-state index contributed by atoms with van der Waals surface area (Å²) in [6.07, 6.45) is 1.50. The van der Waals surface area contributed by atoms with Gasteiger partial charge in [-0.15, -0.1) is 0 Å². The second-order valence-corrected chi connectivity index (χ2v) is 8.09. The van der Waals surface area contributed by atoms with E-state index in [1.807, 2.05) is 6.92 Å². The zero-order valence-electron chi connectivity index (χ0n) is 15.3. The minimum absolute atomic E-state index is 0.00156. The molecule has 0 spiro atoms. The van der Waals surface area contributed by atoms with E-state index < -0.39 is 12.0 Å². The van der Waals surface area contributed by atoms with Crippen molar-refractivity contribution in [2.45, 2.75) is 50.2 Å². The average Bonchev–Trinajstić information content (AvgIpc) is 3.28. The van der Waals surface area contributed by atoms with Gasteiger partial charge in [-0.05, 0) is 44.2 Å². The maximum atomic E-state index is 13.4. The van der Waals surface area contributed by atoms with E-state index in [-0.39, 0.29) is 46.9 Å². The van der Waals surface area contributed by atoms with E-state index in [0.29, 0.717) is 12.3 Å². The molecule has 4 N–H and O–H groups in total. The Kier molecular flexibility index (Phi) is 5.17. The summed E-state index contributed by atoms with van der Waals surface area (Å²) in [4.78, 5) is 29.7. The Balaban J connectivity index is 1.24. The highest BCUT2D eigenvalue weighted by atomic mass is 35.5. The van der Waals surface area contributed by atoms with Gasteiger partial charge >= 0.3 is 0 Å².